The Labute approximate surface area is 275 Å². The van der Waals surface area contributed by atoms with Crippen LogP contribution in [-0.2, 0) is 0 Å². The molecule has 0 atom stereocenters. The molecule has 192 valence electrons. The number of fused-ring (bicyclic) bond motifs is 3. The molecular weight excluding hydrogens is 496 g/mol. The van der Waals surface area contributed by atoms with Gasteiger partial charge in [-0.2, -0.15) is 0 Å². The zero-order valence-corrected chi connectivity index (χ0v) is 20.4. The highest BCUT2D eigenvalue weighted by atomic mass is 16.3. The van der Waals surface area contributed by atoms with E-state index in [2.05, 4.69) is 0 Å². The number of furan rings is 1. The molecule has 0 bridgehead atoms. The van der Waals surface area contributed by atoms with Crippen LogP contribution in [0.2, 0.25) is 0 Å². The third kappa shape index (κ3) is 3.86. The van der Waals surface area contributed by atoms with Crippen LogP contribution in [0.15, 0.2) is 162 Å². The van der Waals surface area contributed by atoms with E-state index in [9.17, 15) is 8.22 Å². The fraction of sp³-hybridized carbons (Fsp3) is 0. The Morgan fingerprint density at radius 2 is 0.805 bits per heavy atom. The average Bonchev–Trinajstić information content (AvgIpc) is 3.69. The molecule has 0 radical (unpaired) electrons. The van der Waals surface area contributed by atoms with Crippen LogP contribution in [0.25, 0.3) is 77.2 Å². The van der Waals surface area contributed by atoms with Gasteiger partial charge < -0.3 is 4.42 Å². The van der Waals surface area contributed by atoms with E-state index < -0.39 is 234 Å². The van der Waals surface area contributed by atoms with E-state index in [1.165, 1.54) is 0 Å². The Bertz CT molecular complexity index is 3480. The fourth-order valence-corrected chi connectivity index (χ4v) is 4.69. The molecule has 0 N–H and O–H groups in total. The Kier molecular flexibility index (Phi) is 2.13. The Morgan fingerprint density at radius 3 is 1.37 bits per heavy atom. The second-order valence-corrected chi connectivity index (χ2v) is 8.51. The lowest BCUT2D eigenvalue weighted by molar-refractivity contribution is 0.632. The molecule has 1 nitrogen and oxygen atoms in total. The molecule has 0 aliphatic carbocycles. The normalized spacial score (nSPS) is 20.3. The summed E-state index contributed by atoms with van der Waals surface area (Å²) >= 11 is 0. The predicted octanol–water partition coefficient (Wildman–Crippen LogP) is 11.4. The Balaban J connectivity index is 1.83. The van der Waals surface area contributed by atoms with Crippen molar-refractivity contribution in [3.05, 3.63) is 157 Å². The minimum absolute atomic E-state index is 0.706. The van der Waals surface area contributed by atoms with Gasteiger partial charge >= 0.3 is 0 Å². The van der Waals surface area contributed by atoms with Crippen molar-refractivity contribution in [1.29, 1.82) is 0 Å². The third-order valence-electron chi connectivity index (χ3n) is 6.31. The van der Waals surface area contributed by atoms with Crippen LogP contribution in [-0.4, -0.2) is 0 Å². The summed E-state index contributed by atoms with van der Waals surface area (Å²) in [5, 5.41) is -3.72. The maximum Gasteiger partial charge on any atom is 0.143 e. The lowest BCUT2D eigenvalue weighted by Gasteiger charge is -2.18. The van der Waals surface area contributed by atoms with E-state index in [0.29, 0.717) is 0 Å². The van der Waals surface area contributed by atoms with Gasteiger partial charge in [0.15, 0.2) is 0 Å². The summed E-state index contributed by atoms with van der Waals surface area (Å²) < 4.78 is 236. The average molecular weight is 549 g/mol. The highest BCUT2D eigenvalue weighted by molar-refractivity contribution is 6.25. The summed E-state index contributed by atoms with van der Waals surface area (Å²) in [5.41, 5.74) is -6.22. The van der Waals surface area contributed by atoms with E-state index in [0.717, 1.165) is 0 Å². The van der Waals surface area contributed by atoms with Gasteiger partial charge in [0.2, 0.25) is 0 Å². The molecule has 8 rings (SSSR count). The summed E-state index contributed by atoms with van der Waals surface area (Å²) in [6, 6.07) is -25.1. The predicted molar refractivity (Wildman–Crippen MR) is 173 cm³/mol. The van der Waals surface area contributed by atoms with Crippen LogP contribution in [0, 0.1) is 0 Å². The van der Waals surface area contributed by atoms with Gasteiger partial charge in [-0.05, 0) is 55.9 Å². The quantitative estimate of drug-likeness (QED) is 0.199. The summed E-state index contributed by atoms with van der Waals surface area (Å²) in [6.07, 6.45) is 0. The molecule has 0 aliphatic heterocycles. The van der Waals surface area contributed by atoms with E-state index in [-0.39, 0.29) is 0 Å². The summed E-state index contributed by atoms with van der Waals surface area (Å²) in [7, 11) is 0. The molecule has 0 aliphatic rings. The van der Waals surface area contributed by atoms with Crippen LogP contribution in [0.5, 0.6) is 0 Å². The molecule has 0 saturated heterocycles. The van der Waals surface area contributed by atoms with Gasteiger partial charge in [-0.15, -0.1) is 0 Å². The second-order valence-electron chi connectivity index (χ2n) is 8.51. The van der Waals surface area contributed by atoms with Gasteiger partial charge in [-0.25, -0.2) is 0 Å². The maximum atomic E-state index is 9.75. The topological polar surface area (TPSA) is 13.1 Å². The molecule has 41 heavy (non-hydrogen) atoms. The minimum Gasteiger partial charge on any atom is -0.455 e. The largest absolute Gasteiger partial charge is 0.455 e. The molecule has 8 aromatic rings. The zero-order valence-electron chi connectivity index (χ0n) is 46.4. The van der Waals surface area contributed by atoms with Crippen LogP contribution < -0.4 is 0 Å². The molecule has 7 aromatic carbocycles. The van der Waals surface area contributed by atoms with Crippen molar-refractivity contribution in [3.63, 3.8) is 0 Å². The monoisotopic (exact) mass is 548 g/mol. The second kappa shape index (κ2) is 9.66. The SMILES string of the molecule is [2H]c1c([2H])c([2H])c(-c2oc3c([2H])c([2H])c(-c4c([2H])c([2H])c([2H])c([2H])c4[2H])c([2H])c3c2-c2c3c([2H])c([2H])c([2H])c([2H])c3c(-c3c([2H])c([2H])c([2H])c([2H])c3[2H])c3c([2H])c([2H])c([2H])c([2H])c23)c([2H])c1[2H]. The van der Waals surface area contributed by atoms with Crippen LogP contribution in [0.3, 0.4) is 0 Å². The molecule has 0 saturated carbocycles. The molecule has 0 unspecified atom stereocenters. The van der Waals surface area contributed by atoms with Crippen molar-refractivity contribution in [2.45, 2.75) is 0 Å². The number of hydrogen-bond donors (Lipinski definition) is 0. The van der Waals surface area contributed by atoms with Crippen molar-refractivity contribution in [2.75, 3.05) is 0 Å². The van der Waals surface area contributed by atoms with Crippen molar-refractivity contribution >= 4 is 32.5 Å². The zero-order chi connectivity index (χ0) is 49.8. The van der Waals surface area contributed by atoms with E-state index >= 15 is 0 Å². The summed E-state index contributed by atoms with van der Waals surface area (Å²) in [6.45, 7) is 0. The van der Waals surface area contributed by atoms with Crippen LogP contribution >= 0.6 is 0 Å². The van der Waals surface area contributed by atoms with Gasteiger partial charge in [-0.3, -0.25) is 0 Å². The molecule has 1 aromatic heterocycles. The number of hydrogen-bond acceptors (Lipinski definition) is 1. The van der Waals surface area contributed by atoms with E-state index in [1.807, 2.05) is 0 Å². The lowest BCUT2D eigenvalue weighted by atomic mass is 9.84. The van der Waals surface area contributed by atoms with Gasteiger partial charge in [-0.1, -0.05) is 145 Å². The first-order valence-electron chi connectivity index (χ1n) is 24.9. The summed E-state index contributed by atoms with van der Waals surface area (Å²) in [5.74, 6) is -0.885. The first kappa shape index (κ1) is 9.06. The number of benzene rings is 7. The molecule has 0 fully saturated rings. The van der Waals surface area contributed by atoms with Gasteiger partial charge in [0.05, 0.1) is 35.6 Å². The van der Waals surface area contributed by atoms with Crippen LogP contribution in [0.1, 0.15) is 35.6 Å². The Morgan fingerprint density at radius 1 is 0.341 bits per heavy atom. The molecule has 0 amide bonds. The molecular formula is C40H26O. The van der Waals surface area contributed by atoms with Gasteiger partial charge in [0.25, 0.3) is 0 Å². The smallest absolute Gasteiger partial charge is 0.143 e. The highest BCUT2D eigenvalue weighted by Crippen LogP contribution is 2.49. The van der Waals surface area contributed by atoms with E-state index in [1.54, 1.807) is 0 Å². The van der Waals surface area contributed by atoms with Crippen LogP contribution in [0.4, 0.5) is 0 Å². The Hall–Kier alpha value is -5.40. The van der Waals surface area contributed by atoms with Crippen molar-refractivity contribution < 1.29 is 40.1 Å². The number of rotatable bonds is 4. The minimum atomic E-state index is -1.02. The lowest BCUT2D eigenvalue weighted by Crippen LogP contribution is -1.91. The first-order valence-corrected chi connectivity index (χ1v) is 11.9. The maximum absolute atomic E-state index is 9.75. The van der Waals surface area contributed by atoms with Crippen molar-refractivity contribution in [3.8, 4) is 44.7 Å². The van der Waals surface area contributed by atoms with Gasteiger partial charge in [0, 0.05) is 22.1 Å². The standard InChI is InChI=1S/C40H26O/c1-4-14-27(15-5-1)30-24-25-36-35(26-30)39(40(41-36)29-18-8-3-9-19-29)38-33-22-12-10-20-31(33)37(28-16-6-2-7-17-28)32-21-11-13-23-34(32)38/h1-26H/i1D,2D,3D,4D,5D,6D,7D,8D,9D,10D,11D,12D,13D,14D,15D,16D,17D,18D,19D,20D,21D,22D,23D,24D,25D,26D. The van der Waals surface area contributed by atoms with Gasteiger partial charge in [0.1, 0.15) is 11.3 Å². The van der Waals surface area contributed by atoms with Crippen molar-refractivity contribution in [1.82, 2.24) is 0 Å². The molecule has 1 heteroatoms. The fourth-order valence-electron chi connectivity index (χ4n) is 4.69. The van der Waals surface area contributed by atoms with Crippen molar-refractivity contribution in [2.24, 2.45) is 0 Å². The highest BCUT2D eigenvalue weighted by Gasteiger charge is 2.24. The first-order chi connectivity index (χ1) is 31.2. The summed E-state index contributed by atoms with van der Waals surface area (Å²) in [4.78, 5) is 0. The molecule has 1 heterocycles. The molecule has 0 spiro atoms. The third-order valence-corrected chi connectivity index (χ3v) is 6.31. The van der Waals surface area contributed by atoms with E-state index in [4.69, 9.17) is 31.8 Å².